The number of ether oxygens (including phenoxy) is 2. The molecule has 0 saturated carbocycles. The molecule has 0 radical (unpaired) electrons. The van der Waals surface area contributed by atoms with E-state index in [1.165, 1.54) is 0 Å². The Kier molecular flexibility index (Phi) is 4.07. The van der Waals surface area contributed by atoms with Crippen LogP contribution in [0.3, 0.4) is 0 Å². The van der Waals surface area contributed by atoms with Crippen molar-refractivity contribution >= 4 is 32.9 Å². The van der Waals surface area contributed by atoms with Crippen LogP contribution in [0.2, 0.25) is 0 Å². The molecule has 0 unspecified atom stereocenters. The number of nitrogen functional groups attached to an aromatic ring is 1. The summed E-state index contributed by atoms with van der Waals surface area (Å²) in [7, 11) is 0. The molecule has 3 aromatic rings. The molecular formula is C16H16BrN5O2. The molecule has 0 amide bonds. The molecule has 7 nitrogen and oxygen atoms in total. The van der Waals surface area contributed by atoms with Crippen molar-refractivity contribution in [3.05, 3.63) is 34.9 Å². The van der Waals surface area contributed by atoms with Crippen molar-refractivity contribution in [3.63, 3.8) is 0 Å². The second kappa shape index (κ2) is 6.37. The SMILES string of the molecule is Nc1nccc(-n2c(OC3CCOCC3)nc3ccc(Br)cc32)n1. The summed E-state index contributed by atoms with van der Waals surface area (Å²) in [5.41, 5.74) is 7.47. The van der Waals surface area contributed by atoms with Crippen LogP contribution < -0.4 is 10.5 Å². The van der Waals surface area contributed by atoms with Gasteiger partial charge in [-0.05, 0) is 18.2 Å². The number of nitrogens with zero attached hydrogens (tertiary/aromatic N) is 4. The first-order valence-electron chi connectivity index (χ1n) is 7.72. The van der Waals surface area contributed by atoms with Gasteiger partial charge in [-0.15, -0.1) is 0 Å². The number of rotatable bonds is 3. The average Bonchev–Trinajstić information content (AvgIpc) is 2.92. The van der Waals surface area contributed by atoms with Crippen molar-refractivity contribution in [2.45, 2.75) is 18.9 Å². The number of hydrogen-bond donors (Lipinski definition) is 1. The molecule has 0 bridgehead atoms. The Hall–Kier alpha value is -2.19. The van der Waals surface area contributed by atoms with Crippen molar-refractivity contribution in [3.8, 4) is 11.8 Å². The average molecular weight is 390 g/mol. The van der Waals surface area contributed by atoms with Gasteiger partial charge in [0.2, 0.25) is 5.95 Å². The van der Waals surface area contributed by atoms with E-state index >= 15 is 0 Å². The minimum Gasteiger partial charge on any atom is -0.461 e. The standard InChI is InChI=1S/C16H16BrN5O2/c17-10-1-2-12-13(9-10)22(14-3-6-19-15(18)21-14)16(20-12)24-11-4-7-23-8-5-11/h1-3,6,9,11H,4-5,7-8H2,(H2,18,19,21). The first-order chi connectivity index (χ1) is 11.7. The maximum Gasteiger partial charge on any atom is 0.303 e. The number of fused-ring (bicyclic) bond motifs is 1. The fourth-order valence-corrected chi connectivity index (χ4v) is 3.11. The van der Waals surface area contributed by atoms with E-state index in [1.807, 2.05) is 22.8 Å². The van der Waals surface area contributed by atoms with Crippen LogP contribution in [0, 0.1) is 0 Å². The third-order valence-electron chi connectivity index (χ3n) is 3.91. The van der Waals surface area contributed by atoms with Crippen molar-refractivity contribution in [1.82, 2.24) is 19.5 Å². The van der Waals surface area contributed by atoms with Gasteiger partial charge in [0.25, 0.3) is 0 Å². The lowest BCUT2D eigenvalue weighted by atomic mass is 10.2. The highest BCUT2D eigenvalue weighted by Gasteiger charge is 2.21. The monoisotopic (exact) mass is 389 g/mol. The minimum atomic E-state index is 0.0805. The van der Waals surface area contributed by atoms with Gasteiger partial charge in [-0.1, -0.05) is 15.9 Å². The Morgan fingerprint density at radius 1 is 1.21 bits per heavy atom. The molecule has 0 spiro atoms. The van der Waals surface area contributed by atoms with Crippen LogP contribution in [0.15, 0.2) is 34.9 Å². The number of imidazole rings is 1. The quantitative estimate of drug-likeness (QED) is 0.740. The van der Waals surface area contributed by atoms with Gasteiger partial charge >= 0.3 is 6.01 Å². The third-order valence-corrected chi connectivity index (χ3v) is 4.41. The Bertz CT molecular complexity index is 876. The van der Waals surface area contributed by atoms with Crippen molar-refractivity contribution < 1.29 is 9.47 Å². The number of nitrogens with two attached hydrogens (primary N) is 1. The zero-order valence-corrected chi connectivity index (χ0v) is 14.4. The highest BCUT2D eigenvalue weighted by molar-refractivity contribution is 9.10. The van der Waals surface area contributed by atoms with E-state index in [-0.39, 0.29) is 12.1 Å². The zero-order valence-electron chi connectivity index (χ0n) is 12.9. The molecule has 1 aliphatic heterocycles. The highest BCUT2D eigenvalue weighted by atomic mass is 79.9. The van der Waals surface area contributed by atoms with Crippen LogP contribution in [0.25, 0.3) is 16.9 Å². The van der Waals surface area contributed by atoms with Crippen molar-refractivity contribution in [1.29, 1.82) is 0 Å². The van der Waals surface area contributed by atoms with Gasteiger partial charge in [-0.25, -0.2) is 9.55 Å². The van der Waals surface area contributed by atoms with E-state index in [0.29, 0.717) is 25.0 Å². The lowest BCUT2D eigenvalue weighted by Gasteiger charge is -2.22. The number of benzene rings is 1. The number of hydrogen-bond acceptors (Lipinski definition) is 6. The summed E-state index contributed by atoms with van der Waals surface area (Å²) in [5, 5.41) is 0. The molecule has 0 atom stereocenters. The van der Waals surface area contributed by atoms with E-state index < -0.39 is 0 Å². The summed E-state index contributed by atoms with van der Waals surface area (Å²) in [5.74, 6) is 0.839. The Morgan fingerprint density at radius 2 is 2.04 bits per heavy atom. The van der Waals surface area contributed by atoms with E-state index in [2.05, 4.69) is 30.9 Å². The molecule has 0 aliphatic carbocycles. The van der Waals surface area contributed by atoms with E-state index in [1.54, 1.807) is 12.3 Å². The van der Waals surface area contributed by atoms with E-state index in [0.717, 1.165) is 28.3 Å². The fourth-order valence-electron chi connectivity index (χ4n) is 2.76. The van der Waals surface area contributed by atoms with Crippen LogP contribution >= 0.6 is 15.9 Å². The Morgan fingerprint density at radius 3 is 2.83 bits per heavy atom. The molecule has 1 fully saturated rings. The molecule has 3 heterocycles. The summed E-state index contributed by atoms with van der Waals surface area (Å²) in [6, 6.07) is 8.17. The van der Waals surface area contributed by atoms with Gasteiger partial charge < -0.3 is 15.2 Å². The van der Waals surface area contributed by atoms with Gasteiger partial charge in [0.05, 0.1) is 24.2 Å². The van der Waals surface area contributed by atoms with Gasteiger partial charge in [-0.2, -0.15) is 9.97 Å². The van der Waals surface area contributed by atoms with Gasteiger partial charge in [0, 0.05) is 29.6 Å². The molecule has 24 heavy (non-hydrogen) atoms. The Balaban J connectivity index is 1.83. The van der Waals surface area contributed by atoms with Crippen LogP contribution in [0.5, 0.6) is 6.01 Å². The lowest BCUT2D eigenvalue weighted by molar-refractivity contribution is 0.0212. The van der Waals surface area contributed by atoms with Crippen LogP contribution in [-0.2, 0) is 4.74 Å². The minimum absolute atomic E-state index is 0.0805. The molecule has 8 heteroatoms. The molecule has 124 valence electrons. The normalized spacial score (nSPS) is 15.7. The van der Waals surface area contributed by atoms with Crippen LogP contribution in [0.1, 0.15) is 12.8 Å². The van der Waals surface area contributed by atoms with Crippen molar-refractivity contribution in [2.24, 2.45) is 0 Å². The molecule has 4 rings (SSSR count). The molecular weight excluding hydrogens is 374 g/mol. The zero-order chi connectivity index (χ0) is 16.5. The van der Waals surface area contributed by atoms with Crippen LogP contribution in [0.4, 0.5) is 5.95 Å². The van der Waals surface area contributed by atoms with E-state index in [9.17, 15) is 0 Å². The summed E-state index contributed by atoms with van der Waals surface area (Å²) in [6.45, 7) is 1.41. The fraction of sp³-hybridized carbons (Fsp3) is 0.312. The number of anilines is 1. The molecule has 2 N–H and O–H groups in total. The summed E-state index contributed by atoms with van der Waals surface area (Å²) in [6.07, 6.45) is 3.40. The van der Waals surface area contributed by atoms with Gasteiger partial charge in [-0.3, -0.25) is 0 Å². The second-order valence-electron chi connectivity index (χ2n) is 5.57. The Labute approximate surface area is 147 Å². The number of aromatic nitrogens is 4. The topological polar surface area (TPSA) is 88.1 Å². The first kappa shape index (κ1) is 15.3. The number of halogens is 1. The molecule has 1 saturated heterocycles. The predicted octanol–water partition coefficient (Wildman–Crippen LogP) is 2.72. The maximum atomic E-state index is 6.16. The lowest BCUT2D eigenvalue weighted by Crippen LogP contribution is -2.27. The third kappa shape index (κ3) is 2.94. The predicted molar refractivity (Wildman–Crippen MR) is 93.2 cm³/mol. The van der Waals surface area contributed by atoms with Gasteiger partial charge in [0.15, 0.2) is 0 Å². The van der Waals surface area contributed by atoms with Crippen molar-refractivity contribution in [2.75, 3.05) is 18.9 Å². The molecule has 2 aromatic heterocycles. The second-order valence-corrected chi connectivity index (χ2v) is 6.48. The smallest absolute Gasteiger partial charge is 0.303 e. The maximum absolute atomic E-state index is 6.16. The molecule has 1 aliphatic rings. The van der Waals surface area contributed by atoms with Gasteiger partial charge in [0.1, 0.15) is 11.9 Å². The highest BCUT2D eigenvalue weighted by Crippen LogP contribution is 2.29. The van der Waals surface area contributed by atoms with E-state index in [4.69, 9.17) is 15.2 Å². The van der Waals surface area contributed by atoms with Crippen LogP contribution in [-0.4, -0.2) is 38.8 Å². The summed E-state index contributed by atoms with van der Waals surface area (Å²) < 4.78 is 14.4. The summed E-state index contributed by atoms with van der Waals surface area (Å²) >= 11 is 3.51. The molecule has 1 aromatic carbocycles. The summed E-state index contributed by atoms with van der Waals surface area (Å²) in [4.78, 5) is 12.9. The first-order valence-corrected chi connectivity index (χ1v) is 8.51. The largest absolute Gasteiger partial charge is 0.461 e.